The zero-order valence-electron chi connectivity index (χ0n) is 25.6. The Bertz CT molecular complexity index is 1920. The summed E-state index contributed by atoms with van der Waals surface area (Å²) in [4.78, 5) is 0. The minimum absolute atomic E-state index is 0.359. The third-order valence-electron chi connectivity index (χ3n) is 9.34. The van der Waals surface area contributed by atoms with Gasteiger partial charge >= 0.3 is 0 Å². The van der Waals surface area contributed by atoms with Crippen LogP contribution in [-0.2, 0) is 7.05 Å². The summed E-state index contributed by atoms with van der Waals surface area (Å²) in [6, 6.07) is 39.5. The standard InChI is InChI=1S/C39H39N2/c1-27-14-15-31(29-18-16-28(17-19-29)30-22-24-39(2,3)25-23-30)26-35(27)36-21-20-34-33-12-8-9-13-37(33)41(38(34)40(36)4)32-10-6-5-7-11-32/h5-21,26,30H,22-25H2,1-4H3/q+1/i30D. The molecule has 0 radical (unpaired) electrons. The van der Waals surface area contributed by atoms with E-state index in [0.717, 1.165) is 36.9 Å². The number of hydrogen-bond acceptors (Lipinski definition) is 0. The molecule has 6 aromatic rings. The van der Waals surface area contributed by atoms with E-state index in [1.807, 2.05) is 0 Å². The van der Waals surface area contributed by atoms with Crippen molar-refractivity contribution < 1.29 is 5.94 Å². The molecule has 0 bridgehead atoms. The lowest BCUT2D eigenvalue weighted by Crippen LogP contribution is -2.34. The summed E-state index contributed by atoms with van der Waals surface area (Å²) in [6.45, 7) is 6.88. The Hall–Kier alpha value is -4.17. The van der Waals surface area contributed by atoms with Gasteiger partial charge in [-0.15, -0.1) is 0 Å². The summed E-state index contributed by atoms with van der Waals surface area (Å²) in [7, 11) is 2.19. The Morgan fingerprint density at radius 1 is 0.756 bits per heavy atom. The van der Waals surface area contributed by atoms with Crippen molar-refractivity contribution in [2.45, 2.75) is 52.3 Å². The average Bonchev–Trinajstić information content (AvgIpc) is 3.35. The van der Waals surface area contributed by atoms with E-state index in [-0.39, 0.29) is 0 Å². The molecule has 2 nitrogen and oxygen atoms in total. The maximum Gasteiger partial charge on any atom is 0.295 e. The van der Waals surface area contributed by atoms with Crippen molar-refractivity contribution in [3.05, 3.63) is 120 Å². The van der Waals surface area contributed by atoms with Gasteiger partial charge in [-0.3, -0.25) is 0 Å². The molecular formula is C39H39N2+. The fourth-order valence-corrected chi connectivity index (χ4v) is 6.74. The van der Waals surface area contributed by atoms with Crippen molar-refractivity contribution >= 4 is 21.9 Å². The number of hydrogen-bond donors (Lipinski definition) is 0. The number of benzene rings is 4. The fraction of sp³-hybridized carbons (Fsp3) is 0.256. The Balaban J connectivity index is 1.31. The van der Waals surface area contributed by atoms with E-state index in [4.69, 9.17) is 0 Å². The lowest BCUT2D eigenvalue weighted by atomic mass is 9.71. The quantitative estimate of drug-likeness (QED) is 0.198. The van der Waals surface area contributed by atoms with Crippen LogP contribution in [0.2, 0.25) is 0 Å². The van der Waals surface area contributed by atoms with Gasteiger partial charge in [0, 0.05) is 12.3 Å². The maximum atomic E-state index is 9.19. The van der Waals surface area contributed by atoms with Gasteiger partial charge in [0.25, 0.3) is 5.65 Å². The second-order valence-electron chi connectivity index (χ2n) is 12.6. The van der Waals surface area contributed by atoms with E-state index < -0.39 is 5.89 Å². The lowest BCUT2D eigenvalue weighted by Gasteiger charge is -2.34. The molecule has 0 aliphatic heterocycles. The van der Waals surface area contributed by atoms with Gasteiger partial charge in [0.15, 0.2) is 0 Å². The van der Waals surface area contributed by atoms with E-state index in [1.54, 1.807) is 0 Å². The highest BCUT2D eigenvalue weighted by atomic mass is 15.1. The van der Waals surface area contributed by atoms with E-state index in [9.17, 15) is 1.37 Å². The molecule has 0 saturated heterocycles. The highest BCUT2D eigenvalue weighted by molar-refractivity contribution is 6.07. The van der Waals surface area contributed by atoms with Gasteiger partial charge in [-0.05, 0) is 109 Å². The monoisotopic (exact) mass is 536 g/mol. The van der Waals surface area contributed by atoms with Gasteiger partial charge in [-0.2, -0.15) is 4.57 Å². The summed E-state index contributed by atoms with van der Waals surface area (Å²) in [5.41, 5.74) is 11.1. The predicted octanol–water partition coefficient (Wildman–Crippen LogP) is 9.93. The molecule has 4 aromatic carbocycles. The van der Waals surface area contributed by atoms with E-state index in [0.29, 0.717) is 5.41 Å². The largest absolute Gasteiger partial charge is 0.295 e. The van der Waals surface area contributed by atoms with Crippen LogP contribution in [-0.4, -0.2) is 4.57 Å². The summed E-state index contributed by atoms with van der Waals surface area (Å²) >= 11 is 0. The predicted molar refractivity (Wildman–Crippen MR) is 173 cm³/mol. The first-order valence-electron chi connectivity index (χ1n) is 15.4. The van der Waals surface area contributed by atoms with Gasteiger partial charge in [-0.1, -0.05) is 80.6 Å². The van der Waals surface area contributed by atoms with Gasteiger partial charge < -0.3 is 0 Å². The second-order valence-corrected chi connectivity index (χ2v) is 12.6. The molecular weight excluding hydrogens is 496 g/mol. The summed E-state index contributed by atoms with van der Waals surface area (Å²) in [5, 5.41) is 2.51. The van der Waals surface area contributed by atoms with E-state index in [2.05, 4.69) is 146 Å². The molecule has 1 aliphatic rings. The first-order valence-corrected chi connectivity index (χ1v) is 14.9. The topological polar surface area (TPSA) is 8.81 Å². The Morgan fingerprint density at radius 3 is 2.20 bits per heavy atom. The van der Waals surface area contributed by atoms with Gasteiger partial charge in [0.2, 0.25) is 0 Å². The van der Waals surface area contributed by atoms with Crippen LogP contribution in [0.3, 0.4) is 0 Å². The zero-order valence-corrected chi connectivity index (χ0v) is 24.6. The average molecular weight is 537 g/mol. The molecule has 1 saturated carbocycles. The molecule has 7 rings (SSSR count). The second kappa shape index (κ2) is 10.0. The third kappa shape index (κ3) is 4.56. The highest BCUT2D eigenvalue weighted by Gasteiger charge is 2.28. The molecule has 0 atom stereocenters. The van der Waals surface area contributed by atoms with Crippen LogP contribution in [0.25, 0.3) is 50.0 Å². The van der Waals surface area contributed by atoms with Crippen molar-refractivity contribution in [3.63, 3.8) is 0 Å². The van der Waals surface area contributed by atoms with Crippen molar-refractivity contribution in [2.75, 3.05) is 0 Å². The third-order valence-corrected chi connectivity index (χ3v) is 9.34. The van der Waals surface area contributed by atoms with E-state index in [1.165, 1.54) is 49.9 Å². The minimum atomic E-state index is -0.465. The number of rotatable bonds is 4. The minimum Gasteiger partial charge on any atom is -0.229 e. The zero-order chi connectivity index (χ0) is 29.1. The Morgan fingerprint density at radius 2 is 1.44 bits per heavy atom. The molecule has 204 valence electrons. The Kier molecular flexibility index (Phi) is 6.02. The molecule has 0 spiro atoms. The van der Waals surface area contributed by atoms with Crippen LogP contribution in [0.4, 0.5) is 0 Å². The number of aromatic nitrogens is 2. The number of pyridine rings is 1. The van der Waals surface area contributed by atoms with Crippen LogP contribution >= 0.6 is 0 Å². The van der Waals surface area contributed by atoms with Crippen LogP contribution < -0.4 is 4.57 Å². The van der Waals surface area contributed by atoms with Crippen molar-refractivity contribution in [1.29, 1.82) is 0 Å². The highest BCUT2D eigenvalue weighted by Crippen LogP contribution is 2.43. The number of para-hydroxylation sites is 2. The van der Waals surface area contributed by atoms with Crippen molar-refractivity contribution in [2.24, 2.45) is 12.5 Å². The number of nitrogens with zero attached hydrogens (tertiary/aromatic N) is 2. The van der Waals surface area contributed by atoms with Crippen molar-refractivity contribution in [3.8, 4) is 28.1 Å². The van der Waals surface area contributed by atoms with Crippen LogP contribution in [0.1, 0.15) is 57.9 Å². The van der Waals surface area contributed by atoms with Crippen LogP contribution in [0.5, 0.6) is 0 Å². The first kappa shape index (κ1) is 24.6. The molecule has 0 amide bonds. The number of aryl methyl sites for hydroxylation is 2. The molecule has 0 unspecified atom stereocenters. The molecule has 1 fully saturated rings. The van der Waals surface area contributed by atoms with Crippen molar-refractivity contribution in [1.82, 2.24) is 4.57 Å². The molecule has 2 aromatic heterocycles. The smallest absolute Gasteiger partial charge is 0.229 e. The van der Waals surface area contributed by atoms with Crippen LogP contribution in [0.15, 0.2) is 109 Å². The van der Waals surface area contributed by atoms with Gasteiger partial charge in [-0.25, -0.2) is 4.57 Å². The molecule has 1 aliphatic carbocycles. The molecule has 2 heterocycles. The molecule has 0 N–H and O–H groups in total. The lowest BCUT2D eigenvalue weighted by molar-refractivity contribution is -0.636. The fourth-order valence-electron chi connectivity index (χ4n) is 6.74. The molecule has 41 heavy (non-hydrogen) atoms. The van der Waals surface area contributed by atoms with Crippen LogP contribution in [0, 0.1) is 12.3 Å². The Labute approximate surface area is 245 Å². The van der Waals surface area contributed by atoms with E-state index >= 15 is 0 Å². The summed E-state index contributed by atoms with van der Waals surface area (Å²) < 4.78 is 13.9. The van der Waals surface area contributed by atoms with Gasteiger partial charge in [0.05, 0.1) is 12.4 Å². The normalized spacial score (nSPS) is 16.6. The SMILES string of the molecule is [2H]C1(c2ccc(-c3ccc(C)c(-c4ccc5c6ccccc6n(-c6ccccc6)c5[n+]4C)c3)cc2)CCC(C)(C)CC1. The number of fused-ring (bicyclic) bond motifs is 3. The first-order chi connectivity index (χ1) is 20.2. The maximum absolute atomic E-state index is 9.19. The summed E-state index contributed by atoms with van der Waals surface area (Å²) in [6.07, 6.45) is 4.10. The summed E-state index contributed by atoms with van der Waals surface area (Å²) in [5.74, 6) is -0.465. The molecule has 2 heteroatoms. The van der Waals surface area contributed by atoms with Gasteiger partial charge in [0.1, 0.15) is 16.9 Å².